The maximum Gasteiger partial charge on any atom is 0.168 e. The second kappa shape index (κ2) is 4.43. The van der Waals surface area contributed by atoms with Gasteiger partial charge in [-0.25, -0.2) is 4.98 Å². The van der Waals surface area contributed by atoms with E-state index >= 15 is 0 Å². The van der Waals surface area contributed by atoms with Crippen LogP contribution >= 0.6 is 0 Å². The Morgan fingerprint density at radius 1 is 1.40 bits per heavy atom. The Bertz CT molecular complexity index is 342. The van der Waals surface area contributed by atoms with E-state index < -0.39 is 0 Å². The second-order valence-corrected chi connectivity index (χ2v) is 4.96. The van der Waals surface area contributed by atoms with Crippen molar-refractivity contribution in [3.8, 4) is 0 Å². The molecule has 0 unspecified atom stereocenters. The molecule has 0 aromatic carbocycles. The van der Waals surface area contributed by atoms with Gasteiger partial charge in [0.1, 0.15) is 11.5 Å². The van der Waals surface area contributed by atoms with Crippen LogP contribution < -0.4 is 4.90 Å². The van der Waals surface area contributed by atoms with E-state index in [4.69, 9.17) is 0 Å². The van der Waals surface area contributed by atoms with Crippen molar-refractivity contribution in [2.24, 2.45) is 5.41 Å². The lowest BCUT2D eigenvalue weighted by atomic mass is 9.96. The molecule has 0 saturated heterocycles. The third kappa shape index (κ3) is 3.70. The summed E-state index contributed by atoms with van der Waals surface area (Å²) >= 11 is 0. The lowest BCUT2D eigenvalue weighted by Gasteiger charge is -2.27. The van der Waals surface area contributed by atoms with Crippen LogP contribution in [0.1, 0.15) is 31.3 Å². The molecule has 3 heteroatoms. The van der Waals surface area contributed by atoms with Crippen molar-refractivity contribution in [3.05, 3.63) is 23.9 Å². The number of pyridine rings is 1. The van der Waals surface area contributed by atoms with Crippen LogP contribution in [0.4, 0.5) is 5.82 Å². The minimum Gasteiger partial charge on any atom is -0.359 e. The van der Waals surface area contributed by atoms with E-state index in [0.717, 1.165) is 18.6 Å². The van der Waals surface area contributed by atoms with Crippen molar-refractivity contribution in [2.75, 3.05) is 18.5 Å². The van der Waals surface area contributed by atoms with Crippen LogP contribution in [0, 0.1) is 5.41 Å². The number of nitrogens with zero attached hydrogens (tertiary/aromatic N) is 2. The van der Waals surface area contributed by atoms with E-state index in [0.29, 0.717) is 5.69 Å². The zero-order valence-corrected chi connectivity index (χ0v) is 9.82. The maximum absolute atomic E-state index is 10.6. The summed E-state index contributed by atoms with van der Waals surface area (Å²) in [6, 6.07) is 5.48. The van der Waals surface area contributed by atoms with Crippen LogP contribution in [0.15, 0.2) is 18.2 Å². The van der Waals surface area contributed by atoms with Crippen LogP contribution in [0.25, 0.3) is 0 Å². The summed E-state index contributed by atoms with van der Waals surface area (Å²) < 4.78 is 0. The maximum atomic E-state index is 10.6. The summed E-state index contributed by atoms with van der Waals surface area (Å²) in [5.74, 6) is 0.842. The molecule has 0 amide bonds. The molecule has 1 aromatic heterocycles. The molecule has 1 rings (SSSR count). The van der Waals surface area contributed by atoms with E-state index in [-0.39, 0.29) is 5.41 Å². The molecule has 15 heavy (non-hydrogen) atoms. The lowest BCUT2D eigenvalue weighted by molar-refractivity contribution is 0.111. The highest BCUT2D eigenvalue weighted by Crippen LogP contribution is 2.18. The van der Waals surface area contributed by atoms with Crippen molar-refractivity contribution in [3.63, 3.8) is 0 Å². The van der Waals surface area contributed by atoms with Crippen LogP contribution in [-0.4, -0.2) is 24.9 Å². The molecule has 1 aromatic rings. The first kappa shape index (κ1) is 11.7. The average molecular weight is 206 g/mol. The van der Waals surface area contributed by atoms with Crippen molar-refractivity contribution < 1.29 is 4.79 Å². The Hall–Kier alpha value is -1.38. The monoisotopic (exact) mass is 206 g/mol. The van der Waals surface area contributed by atoms with Gasteiger partial charge >= 0.3 is 0 Å². The van der Waals surface area contributed by atoms with Gasteiger partial charge in [-0.05, 0) is 17.5 Å². The van der Waals surface area contributed by atoms with Gasteiger partial charge in [0.25, 0.3) is 0 Å². The fourth-order valence-corrected chi connectivity index (χ4v) is 1.51. The molecule has 0 atom stereocenters. The van der Waals surface area contributed by atoms with Gasteiger partial charge < -0.3 is 4.90 Å². The molecule has 0 aliphatic carbocycles. The van der Waals surface area contributed by atoms with Gasteiger partial charge in [-0.2, -0.15) is 0 Å². The summed E-state index contributed by atoms with van der Waals surface area (Å²) in [5, 5.41) is 0. The van der Waals surface area contributed by atoms with E-state index in [9.17, 15) is 4.79 Å². The smallest absolute Gasteiger partial charge is 0.168 e. The molecule has 0 aliphatic rings. The largest absolute Gasteiger partial charge is 0.359 e. The van der Waals surface area contributed by atoms with Crippen LogP contribution in [0.2, 0.25) is 0 Å². The standard InChI is InChI=1S/C12H18N2O/c1-12(2,3)9-14(4)11-7-5-6-10(8-15)13-11/h5-8H,9H2,1-4H3. The zero-order valence-electron chi connectivity index (χ0n) is 9.82. The molecule has 0 saturated carbocycles. The van der Waals surface area contributed by atoms with Crippen molar-refractivity contribution in [1.82, 2.24) is 4.98 Å². The number of aromatic nitrogens is 1. The predicted molar refractivity (Wildman–Crippen MR) is 62.3 cm³/mol. The zero-order chi connectivity index (χ0) is 11.5. The quantitative estimate of drug-likeness (QED) is 0.712. The molecular formula is C12H18N2O. The number of carbonyl (C=O) groups is 1. The van der Waals surface area contributed by atoms with Gasteiger partial charge in [0, 0.05) is 13.6 Å². The van der Waals surface area contributed by atoms with Crippen molar-refractivity contribution >= 4 is 12.1 Å². The van der Waals surface area contributed by atoms with Gasteiger partial charge in [0.15, 0.2) is 6.29 Å². The van der Waals surface area contributed by atoms with Crippen LogP contribution in [0.3, 0.4) is 0 Å². The predicted octanol–water partition coefficient (Wildman–Crippen LogP) is 2.38. The first-order chi connectivity index (χ1) is 6.92. The number of carbonyl (C=O) groups excluding carboxylic acids is 1. The van der Waals surface area contributed by atoms with Gasteiger partial charge in [0.05, 0.1) is 0 Å². The normalized spacial score (nSPS) is 11.2. The van der Waals surface area contributed by atoms with Crippen molar-refractivity contribution in [2.45, 2.75) is 20.8 Å². The minimum atomic E-state index is 0.216. The summed E-state index contributed by atoms with van der Waals surface area (Å²) in [7, 11) is 1.99. The molecule has 82 valence electrons. The molecule has 0 spiro atoms. The summed E-state index contributed by atoms with van der Waals surface area (Å²) in [5.41, 5.74) is 0.696. The molecule has 0 bridgehead atoms. The van der Waals surface area contributed by atoms with E-state index in [1.54, 1.807) is 6.07 Å². The molecule has 0 aliphatic heterocycles. The molecule has 0 N–H and O–H groups in total. The van der Waals surface area contributed by atoms with Crippen molar-refractivity contribution in [1.29, 1.82) is 0 Å². The minimum absolute atomic E-state index is 0.216. The Morgan fingerprint density at radius 3 is 2.60 bits per heavy atom. The third-order valence-electron chi connectivity index (χ3n) is 1.98. The van der Waals surface area contributed by atoms with Crippen LogP contribution in [-0.2, 0) is 0 Å². The Balaban J connectivity index is 2.81. The van der Waals surface area contributed by atoms with E-state index in [1.807, 2.05) is 19.2 Å². The van der Waals surface area contributed by atoms with Crippen LogP contribution in [0.5, 0.6) is 0 Å². The molecular weight excluding hydrogens is 188 g/mol. The molecule has 0 radical (unpaired) electrons. The number of rotatable bonds is 3. The summed E-state index contributed by atoms with van der Waals surface area (Å²) in [6.07, 6.45) is 0.772. The fraction of sp³-hybridized carbons (Fsp3) is 0.500. The summed E-state index contributed by atoms with van der Waals surface area (Å²) in [4.78, 5) is 16.9. The highest BCUT2D eigenvalue weighted by molar-refractivity contribution is 5.72. The van der Waals surface area contributed by atoms with Gasteiger partial charge in [-0.1, -0.05) is 26.8 Å². The molecule has 0 fully saturated rings. The molecule has 3 nitrogen and oxygen atoms in total. The Morgan fingerprint density at radius 2 is 2.07 bits per heavy atom. The topological polar surface area (TPSA) is 33.2 Å². The number of anilines is 1. The van der Waals surface area contributed by atoms with Gasteiger partial charge in [0.2, 0.25) is 0 Å². The average Bonchev–Trinajstić information content (AvgIpc) is 2.15. The second-order valence-electron chi connectivity index (χ2n) is 4.96. The highest BCUT2D eigenvalue weighted by Gasteiger charge is 2.14. The number of hydrogen-bond donors (Lipinski definition) is 0. The third-order valence-corrected chi connectivity index (χ3v) is 1.98. The molecule has 1 heterocycles. The fourth-order valence-electron chi connectivity index (χ4n) is 1.51. The number of aldehydes is 1. The SMILES string of the molecule is CN(CC(C)(C)C)c1cccc(C=O)n1. The highest BCUT2D eigenvalue weighted by atomic mass is 16.1. The Labute approximate surface area is 91.1 Å². The van der Waals surface area contributed by atoms with E-state index in [1.165, 1.54) is 0 Å². The van der Waals surface area contributed by atoms with Gasteiger partial charge in [-0.15, -0.1) is 0 Å². The first-order valence-corrected chi connectivity index (χ1v) is 5.06. The number of hydrogen-bond acceptors (Lipinski definition) is 3. The van der Waals surface area contributed by atoms with E-state index in [2.05, 4.69) is 30.7 Å². The van der Waals surface area contributed by atoms with Gasteiger partial charge in [-0.3, -0.25) is 4.79 Å². The lowest BCUT2D eigenvalue weighted by Crippen LogP contribution is -2.29. The Kier molecular flexibility index (Phi) is 3.45. The summed E-state index contributed by atoms with van der Waals surface area (Å²) in [6.45, 7) is 7.43. The first-order valence-electron chi connectivity index (χ1n) is 5.06.